The molecule has 5 heteroatoms. The van der Waals surface area contributed by atoms with Crippen LogP contribution in [0.2, 0.25) is 0 Å². The van der Waals surface area contributed by atoms with Gasteiger partial charge in [0.25, 0.3) is 0 Å². The molecule has 0 radical (unpaired) electrons. The summed E-state index contributed by atoms with van der Waals surface area (Å²) in [7, 11) is 1.89. The predicted octanol–water partition coefficient (Wildman–Crippen LogP) is 1.55. The van der Waals surface area contributed by atoms with Gasteiger partial charge in [0.05, 0.1) is 10.9 Å². The van der Waals surface area contributed by atoms with E-state index in [9.17, 15) is 4.79 Å². The summed E-state index contributed by atoms with van der Waals surface area (Å²) in [6.45, 7) is 6.56. The van der Waals surface area contributed by atoms with Crippen molar-refractivity contribution in [2.24, 2.45) is 13.0 Å². The highest BCUT2D eigenvalue weighted by Crippen LogP contribution is 2.10. The van der Waals surface area contributed by atoms with Gasteiger partial charge in [0.15, 0.2) is 0 Å². The van der Waals surface area contributed by atoms with Crippen molar-refractivity contribution in [3.8, 4) is 0 Å². The largest absolute Gasteiger partial charge is 0.351 e. The number of nitrogens with zero attached hydrogens (tertiary/aromatic N) is 2. The molecule has 0 spiro atoms. The average molecular weight is 255 g/mol. The zero-order chi connectivity index (χ0) is 13.0. The summed E-state index contributed by atoms with van der Waals surface area (Å²) in [5.74, 6) is 0.215. The molecule has 1 atom stereocenters. The second kappa shape index (κ2) is 6.10. The van der Waals surface area contributed by atoms with Crippen LogP contribution in [0.15, 0.2) is 6.20 Å². The van der Waals surface area contributed by atoms with Gasteiger partial charge in [-0.15, -0.1) is 0 Å². The number of thiol groups is 1. The molecule has 1 aromatic heterocycles. The molecule has 0 fully saturated rings. The van der Waals surface area contributed by atoms with Crippen molar-refractivity contribution < 1.29 is 4.79 Å². The second-order valence-electron chi connectivity index (χ2n) is 4.53. The quantitative estimate of drug-likeness (QED) is 0.784. The van der Waals surface area contributed by atoms with E-state index in [0.29, 0.717) is 6.54 Å². The number of aryl methyl sites for hydroxylation is 2. The van der Waals surface area contributed by atoms with Crippen molar-refractivity contribution in [1.82, 2.24) is 15.1 Å². The lowest BCUT2D eigenvalue weighted by molar-refractivity contribution is -0.121. The van der Waals surface area contributed by atoms with E-state index in [2.05, 4.69) is 30.0 Å². The first kappa shape index (κ1) is 14.1. The van der Waals surface area contributed by atoms with Gasteiger partial charge in [0.2, 0.25) is 5.91 Å². The molecule has 1 N–H and O–H groups in total. The Morgan fingerprint density at radius 2 is 2.24 bits per heavy atom. The van der Waals surface area contributed by atoms with Gasteiger partial charge in [-0.1, -0.05) is 20.8 Å². The highest BCUT2D eigenvalue weighted by Gasteiger charge is 2.17. The highest BCUT2D eigenvalue weighted by molar-refractivity contribution is 7.81. The minimum absolute atomic E-state index is 0.0192. The maximum atomic E-state index is 11.7. The van der Waals surface area contributed by atoms with Crippen molar-refractivity contribution in [3.05, 3.63) is 17.5 Å². The highest BCUT2D eigenvalue weighted by atomic mass is 32.1. The van der Waals surface area contributed by atoms with Gasteiger partial charge in [0, 0.05) is 25.4 Å². The van der Waals surface area contributed by atoms with E-state index in [-0.39, 0.29) is 17.1 Å². The number of carbonyl (C=O) groups excluding carboxylic acids is 1. The zero-order valence-corrected chi connectivity index (χ0v) is 11.8. The number of rotatable bonds is 5. The third-order valence-electron chi connectivity index (χ3n) is 2.68. The van der Waals surface area contributed by atoms with Crippen LogP contribution < -0.4 is 5.32 Å². The van der Waals surface area contributed by atoms with Crippen LogP contribution in [0.1, 0.15) is 32.0 Å². The lowest BCUT2D eigenvalue weighted by atomic mass is 10.1. The fourth-order valence-electron chi connectivity index (χ4n) is 1.62. The van der Waals surface area contributed by atoms with E-state index in [0.717, 1.165) is 17.7 Å². The van der Waals surface area contributed by atoms with Crippen molar-refractivity contribution in [3.63, 3.8) is 0 Å². The standard InChI is InChI=1S/C12H21N3OS/c1-5-10-9(7-15(4)14-10)6-13-12(16)11(17)8(2)3/h7-8,11,17H,5-6H2,1-4H3,(H,13,16). The Kier molecular flexibility index (Phi) is 5.05. The fraction of sp³-hybridized carbons (Fsp3) is 0.667. The Hall–Kier alpha value is -0.970. The van der Waals surface area contributed by atoms with Crippen LogP contribution in [0.4, 0.5) is 0 Å². The van der Waals surface area contributed by atoms with E-state index < -0.39 is 0 Å². The molecule has 1 rings (SSSR count). The molecule has 0 saturated heterocycles. The normalized spacial score (nSPS) is 12.8. The first-order chi connectivity index (χ1) is 7.95. The smallest absolute Gasteiger partial charge is 0.233 e. The van der Waals surface area contributed by atoms with Crippen LogP contribution in [-0.2, 0) is 24.8 Å². The van der Waals surface area contributed by atoms with Crippen LogP contribution in [0.5, 0.6) is 0 Å². The predicted molar refractivity (Wildman–Crippen MR) is 72.0 cm³/mol. The molecule has 0 bridgehead atoms. The molecule has 0 saturated carbocycles. The molecular formula is C12H21N3OS. The number of amides is 1. The Balaban J connectivity index is 2.58. The monoisotopic (exact) mass is 255 g/mol. The van der Waals surface area contributed by atoms with Gasteiger partial charge in [-0.3, -0.25) is 9.48 Å². The van der Waals surface area contributed by atoms with E-state index >= 15 is 0 Å². The SMILES string of the molecule is CCc1nn(C)cc1CNC(=O)C(S)C(C)C. The van der Waals surface area contributed by atoms with Crippen molar-refractivity contribution in [2.75, 3.05) is 0 Å². The molecule has 0 aliphatic heterocycles. The number of aromatic nitrogens is 2. The minimum Gasteiger partial charge on any atom is -0.351 e. The maximum absolute atomic E-state index is 11.7. The van der Waals surface area contributed by atoms with Crippen molar-refractivity contribution in [1.29, 1.82) is 0 Å². The summed E-state index contributed by atoms with van der Waals surface area (Å²) in [5.41, 5.74) is 2.11. The minimum atomic E-state index is -0.253. The molecule has 1 unspecified atom stereocenters. The zero-order valence-electron chi connectivity index (χ0n) is 10.9. The van der Waals surface area contributed by atoms with E-state index in [1.54, 1.807) is 4.68 Å². The number of carbonyl (C=O) groups is 1. The summed E-state index contributed by atoms with van der Waals surface area (Å²) in [6, 6.07) is 0. The summed E-state index contributed by atoms with van der Waals surface area (Å²) < 4.78 is 1.78. The summed E-state index contributed by atoms with van der Waals surface area (Å²) in [4.78, 5) is 11.7. The summed E-state index contributed by atoms with van der Waals surface area (Å²) >= 11 is 4.29. The van der Waals surface area contributed by atoms with Gasteiger partial charge in [-0.25, -0.2) is 0 Å². The fourth-order valence-corrected chi connectivity index (χ4v) is 1.71. The molecule has 17 heavy (non-hydrogen) atoms. The lowest BCUT2D eigenvalue weighted by Gasteiger charge is -2.14. The molecule has 1 heterocycles. The second-order valence-corrected chi connectivity index (χ2v) is 5.09. The Morgan fingerprint density at radius 1 is 1.59 bits per heavy atom. The molecule has 96 valence electrons. The van der Waals surface area contributed by atoms with Crippen LogP contribution in [-0.4, -0.2) is 20.9 Å². The van der Waals surface area contributed by atoms with Crippen molar-refractivity contribution in [2.45, 2.75) is 39.0 Å². The maximum Gasteiger partial charge on any atom is 0.233 e. The van der Waals surface area contributed by atoms with Gasteiger partial charge in [0.1, 0.15) is 0 Å². The molecule has 4 nitrogen and oxygen atoms in total. The Bertz CT molecular complexity index is 387. The Morgan fingerprint density at radius 3 is 2.76 bits per heavy atom. The first-order valence-electron chi connectivity index (χ1n) is 5.92. The Labute approximate surface area is 108 Å². The third kappa shape index (κ3) is 3.77. The van der Waals surface area contributed by atoms with Crippen LogP contribution in [0.3, 0.4) is 0 Å². The number of nitrogens with one attached hydrogen (secondary N) is 1. The molecule has 0 aliphatic rings. The van der Waals surface area contributed by atoms with Gasteiger partial charge < -0.3 is 5.32 Å². The molecule has 0 aliphatic carbocycles. The molecule has 0 aromatic carbocycles. The van der Waals surface area contributed by atoms with Crippen molar-refractivity contribution >= 4 is 18.5 Å². The third-order valence-corrected chi connectivity index (χ3v) is 3.51. The number of hydrogen-bond donors (Lipinski definition) is 2. The van der Waals surface area contributed by atoms with E-state index in [1.165, 1.54) is 0 Å². The average Bonchev–Trinajstić information content (AvgIpc) is 2.65. The van der Waals surface area contributed by atoms with Crippen LogP contribution in [0.25, 0.3) is 0 Å². The summed E-state index contributed by atoms with van der Waals surface area (Å²) in [5, 5.41) is 6.98. The topological polar surface area (TPSA) is 46.9 Å². The first-order valence-corrected chi connectivity index (χ1v) is 6.44. The van der Waals surface area contributed by atoms with Gasteiger partial charge in [-0.2, -0.15) is 17.7 Å². The van der Waals surface area contributed by atoms with Crippen LogP contribution >= 0.6 is 12.6 Å². The van der Waals surface area contributed by atoms with Crippen LogP contribution in [0, 0.1) is 5.92 Å². The van der Waals surface area contributed by atoms with E-state index in [1.807, 2.05) is 27.1 Å². The van der Waals surface area contributed by atoms with Gasteiger partial charge in [-0.05, 0) is 12.3 Å². The molecule has 1 aromatic rings. The lowest BCUT2D eigenvalue weighted by Crippen LogP contribution is -2.34. The number of hydrogen-bond acceptors (Lipinski definition) is 3. The molecule has 1 amide bonds. The van der Waals surface area contributed by atoms with E-state index in [4.69, 9.17) is 0 Å². The summed E-state index contributed by atoms with van der Waals surface area (Å²) in [6.07, 6.45) is 2.82. The molecular weight excluding hydrogens is 234 g/mol. The van der Waals surface area contributed by atoms with Gasteiger partial charge >= 0.3 is 0 Å².